The third-order valence-corrected chi connectivity index (χ3v) is 3.11. The summed E-state index contributed by atoms with van der Waals surface area (Å²) in [6.45, 7) is 0. The van der Waals surface area contributed by atoms with Gasteiger partial charge in [-0.15, -0.1) is 0 Å². The van der Waals surface area contributed by atoms with Gasteiger partial charge in [0.15, 0.2) is 11.5 Å². The van der Waals surface area contributed by atoms with E-state index >= 15 is 0 Å². The molecule has 120 valence electrons. The molecular formula is C17H13N3O4. The van der Waals surface area contributed by atoms with Crippen molar-refractivity contribution in [3.63, 3.8) is 0 Å². The second-order valence-electron chi connectivity index (χ2n) is 4.73. The van der Waals surface area contributed by atoms with Crippen LogP contribution in [0.3, 0.4) is 0 Å². The van der Waals surface area contributed by atoms with Gasteiger partial charge in [0.2, 0.25) is 0 Å². The second kappa shape index (κ2) is 7.10. The first-order chi connectivity index (χ1) is 11.7. The quantitative estimate of drug-likeness (QED) is 0.548. The summed E-state index contributed by atoms with van der Waals surface area (Å²) >= 11 is 0. The molecule has 0 spiro atoms. The van der Waals surface area contributed by atoms with Gasteiger partial charge < -0.3 is 19.9 Å². The van der Waals surface area contributed by atoms with E-state index in [1.54, 1.807) is 54.9 Å². The van der Waals surface area contributed by atoms with Crippen LogP contribution in [0.1, 0.15) is 0 Å². The van der Waals surface area contributed by atoms with Crippen molar-refractivity contribution in [3.05, 3.63) is 67.0 Å². The Bertz CT molecular complexity index is 853. The first-order valence-electron chi connectivity index (χ1n) is 7.00. The highest BCUT2D eigenvalue weighted by Gasteiger charge is 2.11. The van der Waals surface area contributed by atoms with Crippen LogP contribution in [0, 0.1) is 0 Å². The van der Waals surface area contributed by atoms with Crippen molar-refractivity contribution in [2.45, 2.75) is 0 Å². The molecule has 0 saturated heterocycles. The fraction of sp³-hybridized carbons (Fsp3) is 0. The lowest BCUT2D eigenvalue weighted by Gasteiger charge is -2.08. The molecule has 7 nitrogen and oxygen atoms in total. The Morgan fingerprint density at radius 1 is 0.833 bits per heavy atom. The average Bonchev–Trinajstić information content (AvgIpc) is 2.60. The van der Waals surface area contributed by atoms with Gasteiger partial charge in [0.25, 0.3) is 0 Å². The van der Waals surface area contributed by atoms with Gasteiger partial charge in [0, 0.05) is 18.5 Å². The molecule has 0 aliphatic rings. The molecule has 0 aliphatic carbocycles. The minimum absolute atomic E-state index is 0.0443. The van der Waals surface area contributed by atoms with Crippen molar-refractivity contribution in [2.24, 2.45) is 10.6 Å². The van der Waals surface area contributed by atoms with Crippen molar-refractivity contribution < 1.29 is 19.9 Å². The maximum Gasteiger partial charge on any atom is 0.171 e. The summed E-state index contributed by atoms with van der Waals surface area (Å²) in [7, 11) is 0. The Hall–Kier alpha value is -3.61. The minimum atomic E-state index is 0.0443. The lowest BCUT2D eigenvalue weighted by Crippen LogP contribution is -1.89. The van der Waals surface area contributed by atoms with E-state index in [-0.39, 0.29) is 11.5 Å². The maximum atomic E-state index is 10.1. The summed E-state index contributed by atoms with van der Waals surface area (Å²) in [5.74, 6) is 0.719. The zero-order valence-electron chi connectivity index (χ0n) is 12.4. The van der Waals surface area contributed by atoms with Crippen molar-refractivity contribution in [1.82, 2.24) is 4.98 Å². The Balaban J connectivity index is 1.76. The predicted octanol–water partition coefficient (Wildman–Crippen LogP) is 3.90. The minimum Gasteiger partial charge on any atom is -0.508 e. The topological polar surface area (TPSA) is 96.5 Å². The summed E-state index contributed by atoms with van der Waals surface area (Å²) in [4.78, 5) is 14.1. The zero-order valence-corrected chi connectivity index (χ0v) is 12.4. The lowest BCUT2D eigenvalue weighted by molar-refractivity contribution is 0.208. The first kappa shape index (κ1) is 15.3. The fourth-order valence-corrected chi connectivity index (χ4v) is 2.07. The largest absolute Gasteiger partial charge is 0.508 e. The summed E-state index contributed by atoms with van der Waals surface area (Å²) in [6, 6.07) is 14.4. The smallest absolute Gasteiger partial charge is 0.171 e. The van der Waals surface area contributed by atoms with Crippen LogP contribution in [0.4, 0.5) is 0 Å². The van der Waals surface area contributed by atoms with Crippen LogP contribution in [0.15, 0.2) is 77.5 Å². The fourth-order valence-electron chi connectivity index (χ4n) is 2.07. The summed E-state index contributed by atoms with van der Waals surface area (Å²) in [5, 5.41) is 26.3. The van der Waals surface area contributed by atoms with E-state index in [1.807, 2.05) is 0 Å². The summed E-state index contributed by atoms with van der Waals surface area (Å²) in [5.41, 5.74) is 1.19. The zero-order chi connectivity index (χ0) is 16.8. The Morgan fingerprint density at radius 2 is 1.58 bits per heavy atom. The van der Waals surface area contributed by atoms with Crippen LogP contribution in [0.2, 0.25) is 0 Å². The molecular weight excluding hydrogens is 310 g/mol. The Kier molecular flexibility index (Phi) is 4.52. The van der Waals surface area contributed by atoms with Gasteiger partial charge >= 0.3 is 0 Å². The third-order valence-electron chi connectivity index (χ3n) is 3.11. The van der Waals surface area contributed by atoms with E-state index in [9.17, 15) is 10.2 Å². The van der Waals surface area contributed by atoms with Crippen LogP contribution < -0.4 is 9.68 Å². The molecule has 7 heteroatoms. The Labute approximate surface area is 137 Å². The lowest BCUT2D eigenvalue weighted by atomic mass is 10.1. The molecule has 2 N–H and O–H groups in total. The maximum absolute atomic E-state index is 10.1. The second-order valence-corrected chi connectivity index (χ2v) is 4.73. The molecule has 0 atom stereocenters. The molecule has 0 aliphatic heterocycles. The van der Waals surface area contributed by atoms with Gasteiger partial charge in [-0.25, -0.2) is 0 Å². The van der Waals surface area contributed by atoms with Crippen LogP contribution in [0.5, 0.6) is 23.0 Å². The number of hydrogen-bond donors (Lipinski definition) is 2. The summed E-state index contributed by atoms with van der Waals surface area (Å²) in [6.07, 6.45) is 3.22. The molecule has 0 fully saturated rings. The predicted molar refractivity (Wildman–Crippen MR) is 85.6 cm³/mol. The molecule has 1 heterocycles. The average molecular weight is 323 g/mol. The number of pyridine rings is 1. The van der Waals surface area contributed by atoms with Gasteiger partial charge in [-0.3, -0.25) is 4.98 Å². The van der Waals surface area contributed by atoms with Gasteiger partial charge in [0.1, 0.15) is 11.5 Å². The molecule has 3 aromatic rings. The van der Waals surface area contributed by atoms with Crippen LogP contribution in [-0.4, -0.2) is 15.2 Å². The molecule has 0 amide bonds. The molecule has 0 unspecified atom stereocenters. The molecule has 24 heavy (non-hydrogen) atoms. The molecule has 1 aromatic heterocycles. The highest BCUT2D eigenvalue weighted by Crippen LogP contribution is 2.37. The van der Waals surface area contributed by atoms with Crippen LogP contribution in [-0.2, 0) is 0 Å². The molecule has 0 bridgehead atoms. The first-order valence-corrected chi connectivity index (χ1v) is 7.00. The number of nitrogens with zero attached hydrogens (tertiary/aromatic N) is 3. The highest BCUT2D eigenvalue weighted by atomic mass is 16.7. The number of phenolic OH excluding ortho intramolecular Hbond substituents is 2. The van der Waals surface area contributed by atoms with E-state index in [2.05, 4.69) is 15.5 Å². The normalized spacial score (nSPS) is 10.7. The van der Waals surface area contributed by atoms with E-state index in [1.165, 1.54) is 12.1 Å². The molecule has 2 aromatic carbocycles. The number of aromatic hydroxyl groups is 2. The van der Waals surface area contributed by atoms with Gasteiger partial charge in [-0.05, 0) is 42.0 Å². The van der Waals surface area contributed by atoms with Crippen molar-refractivity contribution in [2.75, 3.05) is 0 Å². The van der Waals surface area contributed by atoms with Crippen molar-refractivity contribution >= 4 is 0 Å². The molecule has 0 radical (unpaired) electrons. The number of hydrogen-bond acceptors (Lipinski definition) is 7. The van der Waals surface area contributed by atoms with E-state index in [4.69, 9.17) is 9.68 Å². The monoisotopic (exact) mass is 323 g/mol. The van der Waals surface area contributed by atoms with E-state index in [0.29, 0.717) is 17.1 Å². The standard InChI is InChI=1S/C17H13N3O4/c21-13-3-1-4-14(11-13)23-19-20-24-16-6-2-5-15(22)17(16)12-7-9-18-10-8-12/h1-11,21-22H. The Morgan fingerprint density at radius 3 is 2.38 bits per heavy atom. The summed E-state index contributed by atoms with van der Waals surface area (Å²) < 4.78 is 0. The van der Waals surface area contributed by atoms with E-state index < -0.39 is 0 Å². The number of benzene rings is 2. The van der Waals surface area contributed by atoms with Crippen LogP contribution >= 0.6 is 0 Å². The number of phenols is 2. The van der Waals surface area contributed by atoms with E-state index in [0.717, 1.165) is 5.56 Å². The van der Waals surface area contributed by atoms with Gasteiger partial charge in [0.05, 0.1) is 16.1 Å². The highest BCUT2D eigenvalue weighted by molar-refractivity contribution is 5.76. The SMILES string of the molecule is Oc1cccc(ON=NOc2cccc(O)c2-c2ccncc2)c1. The van der Waals surface area contributed by atoms with Crippen molar-refractivity contribution in [3.8, 4) is 34.1 Å². The molecule has 0 saturated carbocycles. The van der Waals surface area contributed by atoms with Gasteiger partial charge in [-0.1, -0.05) is 12.1 Å². The van der Waals surface area contributed by atoms with Crippen molar-refractivity contribution in [1.29, 1.82) is 0 Å². The third kappa shape index (κ3) is 3.58. The number of rotatable bonds is 5. The number of aromatic nitrogens is 1. The molecule has 3 rings (SSSR count). The van der Waals surface area contributed by atoms with Gasteiger partial charge in [-0.2, -0.15) is 0 Å². The van der Waals surface area contributed by atoms with Crippen LogP contribution in [0.25, 0.3) is 11.1 Å².